The number of rotatable bonds is 3. The lowest BCUT2D eigenvalue weighted by Gasteiger charge is -2.20. The highest BCUT2D eigenvalue weighted by atomic mass is 79.9. The van der Waals surface area contributed by atoms with Crippen LogP contribution in [-0.4, -0.2) is 11.5 Å². The van der Waals surface area contributed by atoms with E-state index in [-0.39, 0.29) is 11.5 Å². The molecule has 94 valence electrons. The first-order chi connectivity index (χ1) is 7.83. The molecule has 5 heteroatoms. The summed E-state index contributed by atoms with van der Waals surface area (Å²) in [7, 11) is 0. The summed E-state index contributed by atoms with van der Waals surface area (Å²) >= 11 is 3.41. The standard InChI is InChI=1S/C12H17BrN2O2/c1-12(2,3)17-7-9-5-4-8(6-10(9)13)11(16)15-14/h4-6H,7,14H2,1-3H3,(H,15,16). The van der Waals surface area contributed by atoms with Gasteiger partial charge < -0.3 is 4.74 Å². The van der Waals surface area contributed by atoms with E-state index >= 15 is 0 Å². The van der Waals surface area contributed by atoms with Crippen molar-refractivity contribution in [2.45, 2.75) is 33.0 Å². The van der Waals surface area contributed by atoms with Crippen molar-refractivity contribution in [1.29, 1.82) is 0 Å². The molecule has 0 unspecified atom stereocenters. The molecule has 0 aliphatic heterocycles. The van der Waals surface area contributed by atoms with E-state index in [0.29, 0.717) is 12.2 Å². The SMILES string of the molecule is CC(C)(C)OCc1ccc(C(=O)NN)cc1Br. The Morgan fingerprint density at radius 2 is 2.12 bits per heavy atom. The topological polar surface area (TPSA) is 64.3 Å². The maximum atomic E-state index is 11.3. The molecular formula is C12H17BrN2O2. The highest BCUT2D eigenvalue weighted by Gasteiger charge is 2.12. The van der Waals surface area contributed by atoms with Crippen molar-refractivity contribution in [3.8, 4) is 0 Å². The molecule has 1 rings (SSSR count). The van der Waals surface area contributed by atoms with Crippen molar-refractivity contribution in [2.75, 3.05) is 0 Å². The molecule has 0 fully saturated rings. The maximum Gasteiger partial charge on any atom is 0.265 e. The fraction of sp³-hybridized carbons (Fsp3) is 0.417. The van der Waals surface area contributed by atoms with E-state index in [1.54, 1.807) is 12.1 Å². The fourth-order valence-electron chi connectivity index (χ4n) is 1.18. The van der Waals surface area contributed by atoms with E-state index in [1.807, 2.05) is 26.8 Å². The van der Waals surface area contributed by atoms with Crippen LogP contribution in [0.2, 0.25) is 0 Å². The molecule has 0 spiro atoms. The average molecular weight is 301 g/mol. The summed E-state index contributed by atoms with van der Waals surface area (Å²) in [5, 5.41) is 0. The number of hydrogen-bond donors (Lipinski definition) is 2. The number of carbonyl (C=O) groups excluding carboxylic acids is 1. The summed E-state index contributed by atoms with van der Waals surface area (Å²) in [5.41, 5.74) is 3.41. The van der Waals surface area contributed by atoms with Crippen LogP contribution in [0.1, 0.15) is 36.7 Å². The first kappa shape index (κ1) is 14.2. The van der Waals surface area contributed by atoms with E-state index in [4.69, 9.17) is 10.6 Å². The van der Waals surface area contributed by atoms with Gasteiger partial charge in [-0.2, -0.15) is 0 Å². The molecule has 0 atom stereocenters. The second kappa shape index (κ2) is 5.62. The molecule has 17 heavy (non-hydrogen) atoms. The quantitative estimate of drug-likeness (QED) is 0.512. The van der Waals surface area contributed by atoms with Gasteiger partial charge in [-0.15, -0.1) is 0 Å². The van der Waals surface area contributed by atoms with E-state index in [2.05, 4.69) is 21.4 Å². The van der Waals surface area contributed by atoms with Crippen molar-refractivity contribution < 1.29 is 9.53 Å². The van der Waals surface area contributed by atoms with Crippen molar-refractivity contribution in [1.82, 2.24) is 5.43 Å². The molecule has 0 radical (unpaired) electrons. The second-order valence-electron chi connectivity index (χ2n) is 4.68. The van der Waals surface area contributed by atoms with Crippen molar-refractivity contribution in [3.05, 3.63) is 33.8 Å². The lowest BCUT2D eigenvalue weighted by atomic mass is 10.1. The molecule has 0 aromatic heterocycles. The summed E-state index contributed by atoms with van der Waals surface area (Å²) in [6.07, 6.45) is 0. The summed E-state index contributed by atoms with van der Waals surface area (Å²) in [4.78, 5) is 11.3. The number of nitrogens with two attached hydrogens (primary N) is 1. The number of ether oxygens (including phenoxy) is 1. The Morgan fingerprint density at radius 1 is 1.47 bits per heavy atom. The third-order valence-corrected chi connectivity index (χ3v) is 2.85. The van der Waals surface area contributed by atoms with Gasteiger partial charge in [-0.05, 0) is 38.5 Å². The Labute approximate surface area is 110 Å². The zero-order valence-corrected chi connectivity index (χ0v) is 11.8. The molecule has 0 saturated heterocycles. The number of amides is 1. The minimum Gasteiger partial charge on any atom is -0.371 e. The second-order valence-corrected chi connectivity index (χ2v) is 5.54. The van der Waals surface area contributed by atoms with Crippen molar-refractivity contribution in [2.24, 2.45) is 5.84 Å². The summed E-state index contributed by atoms with van der Waals surface area (Å²) in [5.74, 6) is 4.76. The van der Waals surface area contributed by atoms with Gasteiger partial charge in [-0.3, -0.25) is 10.2 Å². The third kappa shape index (κ3) is 4.46. The molecule has 0 aliphatic rings. The van der Waals surface area contributed by atoms with E-state index in [1.165, 1.54) is 0 Å². The number of nitrogens with one attached hydrogen (secondary N) is 1. The van der Waals surface area contributed by atoms with Crippen LogP contribution in [0.25, 0.3) is 0 Å². The Morgan fingerprint density at radius 3 is 2.59 bits per heavy atom. The number of nitrogen functional groups attached to an aromatic ring is 1. The molecule has 0 saturated carbocycles. The molecule has 1 amide bonds. The van der Waals surface area contributed by atoms with Crippen LogP contribution in [-0.2, 0) is 11.3 Å². The van der Waals surface area contributed by atoms with Crippen LogP contribution >= 0.6 is 15.9 Å². The predicted molar refractivity (Wildman–Crippen MR) is 70.3 cm³/mol. The van der Waals surface area contributed by atoms with Crippen molar-refractivity contribution in [3.63, 3.8) is 0 Å². The highest BCUT2D eigenvalue weighted by molar-refractivity contribution is 9.10. The average Bonchev–Trinajstić information content (AvgIpc) is 2.25. The van der Waals surface area contributed by atoms with Crippen LogP contribution in [0.4, 0.5) is 0 Å². The van der Waals surface area contributed by atoms with E-state index in [9.17, 15) is 4.79 Å². The summed E-state index contributed by atoms with van der Waals surface area (Å²) < 4.78 is 6.50. The molecule has 4 nitrogen and oxygen atoms in total. The van der Waals surface area contributed by atoms with Gasteiger partial charge in [-0.25, -0.2) is 5.84 Å². The van der Waals surface area contributed by atoms with Gasteiger partial charge in [0.05, 0.1) is 12.2 Å². The Bertz CT molecular complexity index is 413. The lowest BCUT2D eigenvalue weighted by molar-refractivity contribution is -0.0152. The van der Waals surface area contributed by atoms with Gasteiger partial charge in [0.15, 0.2) is 0 Å². The summed E-state index contributed by atoms with van der Waals surface area (Å²) in [6.45, 7) is 6.49. The Balaban J connectivity index is 2.80. The number of hydrogen-bond acceptors (Lipinski definition) is 3. The zero-order chi connectivity index (χ0) is 13.1. The van der Waals surface area contributed by atoms with E-state index in [0.717, 1.165) is 10.0 Å². The van der Waals surface area contributed by atoms with Gasteiger partial charge in [0.1, 0.15) is 0 Å². The maximum absolute atomic E-state index is 11.3. The third-order valence-electron chi connectivity index (χ3n) is 2.11. The Hall–Kier alpha value is -0.910. The zero-order valence-electron chi connectivity index (χ0n) is 10.2. The van der Waals surface area contributed by atoms with Crippen LogP contribution in [0.5, 0.6) is 0 Å². The molecule has 1 aromatic rings. The number of benzene rings is 1. The molecule has 0 aliphatic carbocycles. The van der Waals surface area contributed by atoms with Gasteiger partial charge in [0.25, 0.3) is 5.91 Å². The monoisotopic (exact) mass is 300 g/mol. The molecule has 3 N–H and O–H groups in total. The van der Waals surface area contributed by atoms with E-state index < -0.39 is 0 Å². The molecule has 0 heterocycles. The fourth-order valence-corrected chi connectivity index (χ4v) is 1.68. The molecular weight excluding hydrogens is 284 g/mol. The largest absolute Gasteiger partial charge is 0.371 e. The molecule has 0 bridgehead atoms. The van der Waals surface area contributed by atoms with Gasteiger partial charge in [-0.1, -0.05) is 22.0 Å². The minimum atomic E-state index is -0.311. The van der Waals surface area contributed by atoms with Crippen LogP contribution < -0.4 is 11.3 Å². The minimum absolute atomic E-state index is 0.188. The van der Waals surface area contributed by atoms with Crippen LogP contribution in [0.3, 0.4) is 0 Å². The Kier molecular flexibility index (Phi) is 4.68. The summed E-state index contributed by atoms with van der Waals surface area (Å²) in [6, 6.07) is 5.29. The first-order valence-electron chi connectivity index (χ1n) is 5.27. The normalized spacial score (nSPS) is 11.4. The van der Waals surface area contributed by atoms with Crippen molar-refractivity contribution >= 4 is 21.8 Å². The van der Waals surface area contributed by atoms with Crippen LogP contribution in [0, 0.1) is 0 Å². The van der Waals surface area contributed by atoms with Gasteiger partial charge in [0, 0.05) is 10.0 Å². The lowest BCUT2D eigenvalue weighted by Crippen LogP contribution is -2.30. The first-order valence-corrected chi connectivity index (χ1v) is 6.06. The highest BCUT2D eigenvalue weighted by Crippen LogP contribution is 2.21. The molecule has 1 aromatic carbocycles. The number of carbonyl (C=O) groups is 1. The van der Waals surface area contributed by atoms with Gasteiger partial charge >= 0.3 is 0 Å². The predicted octanol–water partition coefficient (Wildman–Crippen LogP) is 2.37. The number of halogens is 1. The van der Waals surface area contributed by atoms with Crippen LogP contribution in [0.15, 0.2) is 22.7 Å². The number of hydrazine groups is 1. The smallest absolute Gasteiger partial charge is 0.265 e. The van der Waals surface area contributed by atoms with Gasteiger partial charge in [0.2, 0.25) is 0 Å².